The number of benzene rings is 8. The molecule has 0 amide bonds. The predicted octanol–water partition coefficient (Wildman–Crippen LogP) is 15.5. The maximum absolute atomic E-state index is 6.04. The lowest BCUT2D eigenvalue weighted by Gasteiger charge is -2.22. The molecule has 10 aromatic rings. The molecule has 2 heterocycles. The molecule has 0 unspecified atom stereocenters. The molecule has 0 bridgehead atoms. The summed E-state index contributed by atoms with van der Waals surface area (Å²) in [7, 11) is 0. The lowest BCUT2D eigenvalue weighted by atomic mass is 9.81. The van der Waals surface area contributed by atoms with Gasteiger partial charge >= 0.3 is 0 Å². The van der Waals surface area contributed by atoms with Crippen LogP contribution in [0.15, 0.2) is 179 Å². The van der Waals surface area contributed by atoms with Crippen molar-refractivity contribution in [2.24, 2.45) is 0 Å². The summed E-state index contributed by atoms with van der Waals surface area (Å²) in [4.78, 5) is 0. The summed E-state index contributed by atoms with van der Waals surface area (Å²) < 4.78 is 12.1. The van der Waals surface area contributed by atoms with E-state index in [1.807, 2.05) is 24.3 Å². The molecule has 0 spiro atoms. The third kappa shape index (κ3) is 5.72. The van der Waals surface area contributed by atoms with Crippen molar-refractivity contribution in [1.82, 2.24) is 0 Å². The van der Waals surface area contributed by atoms with Crippen LogP contribution in [0, 0.1) is 0 Å². The number of furan rings is 2. The van der Waals surface area contributed by atoms with Gasteiger partial charge in [0, 0.05) is 27.0 Å². The zero-order chi connectivity index (χ0) is 38.1. The second-order valence-corrected chi connectivity index (χ2v) is 15.8. The van der Waals surface area contributed by atoms with Crippen molar-refractivity contribution in [2.45, 2.75) is 19.3 Å². The van der Waals surface area contributed by atoms with Crippen LogP contribution in [0.4, 0.5) is 0 Å². The first-order chi connectivity index (χ1) is 27.9. The minimum atomic E-state index is -0.107. The minimum Gasteiger partial charge on any atom is -0.456 e. The third-order valence-electron chi connectivity index (χ3n) is 11.9. The quantitative estimate of drug-likeness (QED) is 0.159. The number of rotatable bonds is 6. The van der Waals surface area contributed by atoms with Crippen molar-refractivity contribution in [1.29, 1.82) is 0 Å². The Labute approximate surface area is 331 Å². The summed E-state index contributed by atoms with van der Waals surface area (Å²) in [5, 5.41) is 4.61. The van der Waals surface area contributed by atoms with E-state index >= 15 is 0 Å². The van der Waals surface area contributed by atoms with E-state index in [9.17, 15) is 0 Å². The van der Waals surface area contributed by atoms with Crippen LogP contribution >= 0.6 is 0 Å². The Morgan fingerprint density at radius 3 is 1.16 bits per heavy atom. The second-order valence-electron chi connectivity index (χ2n) is 15.8. The van der Waals surface area contributed by atoms with Crippen LogP contribution in [0.2, 0.25) is 0 Å². The van der Waals surface area contributed by atoms with Gasteiger partial charge < -0.3 is 8.83 Å². The molecular formula is C55H38O2. The zero-order valence-corrected chi connectivity index (χ0v) is 31.8. The summed E-state index contributed by atoms with van der Waals surface area (Å²) in [6, 6.07) is 60.8. The van der Waals surface area contributed by atoms with Gasteiger partial charge in [0.1, 0.15) is 22.3 Å². The van der Waals surface area contributed by atoms with Gasteiger partial charge in [0.2, 0.25) is 0 Å². The van der Waals surface area contributed by atoms with Gasteiger partial charge in [0.05, 0.1) is 0 Å². The average molecular weight is 731 g/mol. The molecule has 8 aromatic carbocycles. The monoisotopic (exact) mass is 730 g/mol. The zero-order valence-electron chi connectivity index (χ0n) is 31.8. The Bertz CT molecular complexity index is 3020. The fourth-order valence-corrected chi connectivity index (χ4v) is 8.75. The summed E-state index contributed by atoms with van der Waals surface area (Å²) in [6.07, 6.45) is 8.88. The first-order valence-electron chi connectivity index (χ1n) is 19.6. The SMILES string of the molecule is CC1(C)c2cc(/C=C/c3ccc(-c4ccc5oc6ccccc6c5c4)cc3)ccc2-c2ccc(/C=C/c3ccc(-c4ccc5oc6ccccc6c5c4)cc3)cc21. The molecule has 1 aliphatic rings. The lowest BCUT2D eigenvalue weighted by Crippen LogP contribution is -2.15. The van der Waals surface area contributed by atoms with Gasteiger partial charge in [-0.1, -0.05) is 172 Å². The number of para-hydroxylation sites is 2. The summed E-state index contributed by atoms with van der Waals surface area (Å²) >= 11 is 0. The minimum absolute atomic E-state index is 0.107. The Kier molecular flexibility index (Phi) is 7.55. The van der Waals surface area contributed by atoms with Gasteiger partial charge in [-0.2, -0.15) is 0 Å². The van der Waals surface area contributed by atoms with Gasteiger partial charge in [0.25, 0.3) is 0 Å². The Hall–Kier alpha value is -7.16. The van der Waals surface area contributed by atoms with Crippen molar-refractivity contribution in [3.05, 3.63) is 203 Å². The smallest absolute Gasteiger partial charge is 0.135 e. The highest BCUT2D eigenvalue weighted by atomic mass is 16.3. The van der Waals surface area contributed by atoms with Crippen molar-refractivity contribution in [3.63, 3.8) is 0 Å². The van der Waals surface area contributed by atoms with Crippen molar-refractivity contribution < 1.29 is 8.83 Å². The highest BCUT2D eigenvalue weighted by Gasteiger charge is 2.35. The molecule has 2 aromatic heterocycles. The van der Waals surface area contributed by atoms with Crippen molar-refractivity contribution in [3.8, 4) is 33.4 Å². The summed E-state index contributed by atoms with van der Waals surface area (Å²) in [6.45, 7) is 4.70. The Morgan fingerprint density at radius 1 is 0.333 bits per heavy atom. The number of fused-ring (bicyclic) bond motifs is 9. The van der Waals surface area contributed by atoms with Gasteiger partial charge in [-0.15, -0.1) is 0 Å². The standard InChI is InChI=1S/C55H38O2/c1-55(2)49-31-37(13-11-35-15-21-39(22-16-35)41-25-29-53-47(33-41)45-7-3-5-9-51(45)56-53)19-27-43(49)44-28-20-38(32-50(44)55)14-12-36-17-23-40(24-18-36)42-26-30-54-48(34-42)46-8-4-6-10-52(46)57-54/h3-34H,1-2H3/b13-11+,14-12+. The van der Waals surface area contributed by atoms with E-state index in [4.69, 9.17) is 8.83 Å². The van der Waals surface area contributed by atoms with Crippen LogP contribution in [0.1, 0.15) is 47.2 Å². The van der Waals surface area contributed by atoms with Gasteiger partial charge in [-0.3, -0.25) is 0 Å². The van der Waals surface area contributed by atoms with Gasteiger partial charge in [-0.25, -0.2) is 0 Å². The molecule has 270 valence electrons. The largest absolute Gasteiger partial charge is 0.456 e. The molecule has 0 radical (unpaired) electrons. The van der Waals surface area contributed by atoms with Gasteiger partial charge in [-0.05, 0) is 103 Å². The normalized spacial score (nSPS) is 13.4. The molecule has 2 heteroatoms. The maximum Gasteiger partial charge on any atom is 0.135 e. The molecule has 0 saturated heterocycles. The highest BCUT2D eigenvalue weighted by molar-refractivity contribution is 6.07. The summed E-state index contributed by atoms with van der Waals surface area (Å²) in [5.41, 5.74) is 18.5. The van der Waals surface area contributed by atoms with Crippen LogP contribution in [-0.2, 0) is 5.41 Å². The third-order valence-corrected chi connectivity index (χ3v) is 11.9. The van der Waals surface area contributed by atoms with Gasteiger partial charge in [0.15, 0.2) is 0 Å². The van der Waals surface area contributed by atoms with E-state index in [1.165, 1.54) is 66.8 Å². The number of hydrogen-bond acceptors (Lipinski definition) is 2. The molecule has 11 rings (SSSR count). The molecular weight excluding hydrogens is 693 g/mol. The topological polar surface area (TPSA) is 26.3 Å². The van der Waals surface area contributed by atoms with E-state index in [2.05, 4.69) is 184 Å². The van der Waals surface area contributed by atoms with E-state index in [0.717, 1.165) is 43.9 Å². The Morgan fingerprint density at radius 2 is 0.702 bits per heavy atom. The lowest BCUT2D eigenvalue weighted by molar-refractivity contribution is 0.660. The van der Waals surface area contributed by atoms with E-state index in [1.54, 1.807) is 0 Å². The molecule has 1 aliphatic carbocycles. The van der Waals surface area contributed by atoms with E-state index < -0.39 is 0 Å². The second kappa shape index (κ2) is 13.0. The van der Waals surface area contributed by atoms with Crippen molar-refractivity contribution in [2.75, 3.05) is 0 Å². The summed E-state index contributed by atoms with van der Waals surface area (Å²) in [5.74, 6) is 0. The predicted molar refractivity (Wildman–Crippen MR) is 240 cm³/mol. The molecule has 0 saturated carbocycles. The van der Waals surface area contributed by atoms with Crippen LogP contribution in [-0.4, -0.2) is 0 Å². The fraction of sp³-hybridized carbons (Fsp3) is 0.0545. The van der Waals surface area contributed by atoms with Crippen LogP contribution in [0.25, 0.3) is 102 Å². The number of hydrogen-bond donors (Lipinski definition) is 0. The molecule has 0 aliphatic heterocycles. The molecule has 2 nitrogen and oxygen atoms in total. The average Bonchev–Trinajstić information content (AvgIpc) is 3.89. The first-order valence-corrected chi connectivity index (χ1v) is 19.6. The van der Waals surface area contributed by atoms with Crippen LogP contribution < -0.4 is 0 Å². The van der Waals surface area contributed by atoms with Crippen LogP contribution in [0.5, 0.6) is 0 Å². The maximum atomic E-state index is 6.04. The molecule has 0 atom stereocenters. The van der Waals surface area contributed by atoms with Crippen LogP contribution in [0.3, 0.4) is 0 Å². The molecule has 0 N–H and O–H groups in total. The van der Waals surface area contributed by atoms with Crippen molar-refractivity contribution >= 4 is 68.2 Å². The van der Waals surface area contributed by atoms with E-state index in [0.29, 0.717) is 0 Å². The fourth-order valence-electron chi connectivity index (χ4n) is 8.75. The highest BCUT2D eigenvalue weighted by Crippen LogP contribution is 2.49. The molecule has 57 heavy (non-hydrogen) atoms. The Balaban J connectivity index is 0.795. The molecule has 0 fully saturated rings. The first kappa shape index (κ1) is 33.2. The van der Waals surface area contributed by atoms with E-state index in [-0.39, 0.29) is 5.41 Å².